The van der Waals surface area contributed by atoms with Crippen LogP contribution in [0.2, 0.25) is 0 Å². The fourth-order valence-electron chi connectivity index (χ4n) is 7.44. The zero-order valence-electron chi connectivity index (χ0n) is 29.8. The minimum absolute atomic E-state index is 0.670. The molecule has 0 N–H and O–H groups in total. The zero-order valence-corrected chi connectivity index (χ0v) is 29.8. The minimum Gasteiger partial charge on any atom is -0.455 e. The molecule has 0 spiro atoms. The number of hydrogen-bond acceptors (Lipinski definition) is 4. The summed E-state index contributed by atoms with van der Waals surface area (Å²) < 4.78 is 7.08. The number of para-hydroxylation sites is 1. The lowest BCUT2D eigenvalue weighted by atomic mass is 9.92. The van der Waals surface area contributed by atoms with Crippen LogP contribution in [-0.4, -0.2) is 15.0 Å². The number of benzene rings is 7. The van der Waals surface area contributed by atoms with Gasteiger partial charge in [-0.2, -0.15) is 0 Å². The van der Waals surface area contributed by atoms with Crippen molar-refractivity contribution in [1.29, 1.82) is 0 Å². The van der Waals surface area contributed by atoms with Crippen molar-refractivity contribution in [3.8, 4) is 78.8 Å². The molecule has 0 radical (unpaired) electrons. The Bertz CT molecular complexity index is 2880. The van der Waals surface area contributed by atoms with E-state index in [0.29, 0.717) is 5.82 Å². The molecule has 0 fully saturated rings. The van der Waals surface area contributed by atoms with Crippen LogP contribution in [0.15, 0.2) is 188 Å². The molecule has 7 aromatic carbocycles. The Morgan fingerprint density at radius 3 is 1.91 bits per heavy atom. The number of nitrogens with zero attached hydrogens (tertiary/aromatic N) is 3. The fraction of sp³-hybridized carbons (Fsp3) is 0. The standard InChI is InChI=1S/C51H33N3O/c1-2-13-39(14-3-1)51-53-47(38-25-20-34(21-26-38)41-15-10-30-52-33-41)32-48(54-51)40-27-24-37-23-22-35-11-4-6-16-42(35)44-18-8-9-19-49(44)55-50-43-17-7-5-12-36(43)28-29-45(50)46(37)31-40/h1-33H. The van der Waals surface area contributed by atoms with Gasteiger partial charge < -0.3 is 4.74 Å². The average Bonchev–Trinajstić information content (AvgIpc) is 3.28. The van der Waals surface area contributed by atoms with Gasteiger partial charge in [0.2, 0.25) is 0 Å². The summed E-state index contributed by atoms with van der Waals surface area (Å²) in [5.74, 6) is 2.30. The van der Waals surface area contributed by atoms with Crippen molar-refractivity contribution in [3.63, 3.8) is 0 Å². The van der Waals surface area contributed by atoms with Gasteiger partial charge in [0.1, 0.15) is 11.5 Å². The molecule has 0 saturated heterocycles. The average molecular weight is 704 g/mol. The Balaban J connectivity index is 1.18. The Kier molecular flexibility index (Phi) is 8.12. The highest BCUT2D eigenvalue weighted by Crippen LogP contribution is 2.45. The molecule has 3 heterocycles. The molecule has 10 rings (SSSR count). The maximum absolute atomic E-state index is 7.08. The first-order valence-electron chi connectivity index (χ1n) is 18.4. The summed E-state index contributed by atoms with van der Waals surface area (Å²) in [6.07, 6.45) is 8.11. The number of ether oxygens (including phenoxy) is 1. The van der Waals surface area contributed by atoms with E-state index in [9.17, 15) is 0 Å². The molecule has 4 nitrogen and oxygen atoms in total. The molecule has 1 aliphatic heterocycles. The van der Waals surface area contributed by atoms with Crippen molar-refractivity contribution in [2.75, 3.05) is 0 Å². The number of hydrogen-bond donors (Lipinski definition) is 0. The van der Waals surface area contributed by atoms with Crippen molar-refractivity contribution in [1.82, 2.24) is 15.0 Å². The second-order valence-electron chi connectivity index (χ2n) is 13.6. The molecule has 0 aliphatic carbocycles. The van der Waals surface area contributed by atoms with E-state index in [-0.39, 0.29) is 0 Å². The van der Waals surface area contributed by atoms with Crippen molar-refractivity contribution < 1.29 is 4.74 Å². The van der Waals surface area contributed by atoms with E-state index in [4.69, 9.17) is 14.7 Å². The van der Waals surface area contributed by atoms with Crippen LogP contribution in [0, 0.1) is 0 Å². The number of aromatic nitrogens is 3. The quantitative estimate of drug-likeness (QED) is 0.183. The lowest BCUT2D eigenvalue weighted by molar-refractivity contribution is 0.492. The van der Waals surface area contributed by atoms with Gasteiger partial charge in [-0.25, -0.2) is 9.97 Å². The first-order valence-corrected chi connectivity index (χ1v) is 18.4. The monoisotopic (exact) mass is 703 g/mol. The molecular weight excluding hydrogens is 671 g/mol. The SMILES string of the molecule is C1=Cc2ccc(-c3cc(-c4ccc(-c5cccnc5)cc4)nc(-c4ccccc4)n3)cc2-c2ccc3ccccc3c2Oc2ccccc2-c2ccccc21. The van der Waals surface area contributed by atoms with Gasteiger partial charge in [0.25, 0.3) is 0 Å². The second kappa shape index (κ2) is 13.8. The predicted octanol–water partition coefficient (Wildman–Crippen LogP) is 13.3. The van der Waals surface area contributed by atoms with Gasteiger partial charge in [0.05, 0.1) is 11.4 Å². The van der Waals surface area contributed by atoms with Gasteiger partial charge in [-0.05, 0) is 69.1 Å². The number of rotatable bonds is 4. The van der Waals surface area contributed by atoms with Crippen LogP contribution in [0.4, 0.5) is 0 Å². The van der Waals surface area contributed by atoms with Crippen LogP contribution in [0.3, 0.4) is 0 Å². The summed E-state index contributed by atoms with van der Waals surface area (Å²) >= 11 is 0. The van der Waals surface area contributed by atoms with E-state index in [0.717, 1.165) is 94.9 Å². The predicted molar refractivity (Wildman–Crippen MR) is 225 cm³/mol. The largest absolute Gasteiger partial charge is 0.455 e. The highest BCUT2D eigenvalue weighted by molar-refractivity contribution is 5.99. The normalized spacial score (nSPS) is 11.7. The van der Waals surface area contributed by atoms with E-state index >= 15 is 0 Å². The summed E-state index contributed by atoms with van der Waals surface area (Å²) in [7, 11) is 0. The Hall–Kier alpha value is -7.43. The van der Waals surface area contributed by atoms with Crippen LogP contribution in [0.25, 0.3) is 90.2 Å². The van der Waals surface area contributed by atoms with Crippen LogP contribution >= 0.6 is 0 Å². The van der Waals surface area contributed by atoms with Gasteiger partial charge >= 0.3 is 0 Å². The van der Waals surface area contributed by atoms with Gasteiger partial charge in [0, 0.05) is 45.6 Å². The van der Waals surface area contributed by atoms with Crippen LogP contribution in [0.1, 0.15) is 11.1 Å². The highest BCUT2D eigenvalue weighted by atomic mass is 16.5. The minimum atomic E-state index is 0.670. The number of fused-ring (bicyclic) bond motifs is 8. The van der Waals surface area contributed by atoms with Gasteiger partial charge in [0.15, 0.2) is 5.82 Å². The molecule has 0 saturated carbocycles. The molecule has 0 unspecified atom stereocenters. The maximum Gasteiger partial charge on any atom is 0.160 e. The summed E-state index contributed by atoms with van der Waals surface area (Å²) in [6, 6.07) is 61.0. The molecule has 258 valence electrons. The maximum atomic E-state index is 7.08. The van der Waals surface area contributed by atoms with Gasteiger partial charge in [-0.3, -0.25) is 4.98 Å². The molecule has 0 atom stereocenters. The third-order valence-corrected chi connectivity index (χ3v) is 10.2. The Morgan fingerprint density at radius 1 is 0.400 bits per heavy atom. The van der Waals surface area contributed by atoms with E-state index in [1.807, 2.05) is 36.5 Å². The Morgan fingerprint density at radius 2 is 1.07 bits per heavy atom. The second-order valence-corrected chi connectivity index (χ2v) is 13.6. The van der Waals surface area contributed by atoms with Crippen molar-refractivity contribution in [2.45, 2.75) is 0 Å². The molecule has 2 aromatic heterocycles. The van der Waals surface area contributed by atoms with Crippen molar-refractivity contribution >= 4 is 22.9 Å². The first-order chi connectivity index (χ1) is 27.2. The summed E-state index contributed by atoms with van der Waals surface area (Å²) in [5, 5.41) is 2.16. The van der Waals surface area contributed by atoms with E-state index < -0.39 is 0 Å². The highest BCUT2D eigenvalue weighted by Gasteiger charge is 2.20. The third-order valence-electron chi connectivity index (χ3n) is 10.2. The molecule has 0 amide bonds. The number of pyridine rings is 1. The zero-order chi connectivity index (χ0) is 36.6. The Labute approximate surface area is 319 Å². The lowest BCUT2D eigenvalue weighted by Gasteiger charge is -2.18. The fourth-order valence-corrected chi connectivity index (χ4v) is 7.44. The molecule has 1 aliphatic rings. The molecular formula is C51H33N3O. The topological polar surface area (TPSA) is 47.9 Å². The smallest absolute Gasteiger partial charge is 0.160 e. The molecule has 4 heteroatoms. The van der Waals surface area contributed by atoms with E-state index in [1.165, 1.54) is 0 Å². The molecule has 0 bridgehead atoms. The van der Waals surface area contributed by atoms with Crippen molar-refractivity contribution in [2.24, 2.45) is 0 Å². The lowest BCUT2D eigenvalue weighted by Crippen LogP contribution is -1.97. The summed E-state index contributed by atoms with van der Waals surface area (Å²) in [4.78, 5) is 14.6. The van der Waals surface area contributed by atoms with Crippen molar-refractivity contribution in [3.05, 3.63) is 199 Å². The van der Waals surface area contributed by atoms with Crippen LogP contribution in [0.5, 0.6) is 11.5 Å². The van der Waals surface area contributed by atoms with Crippen LogP contribution in [-0.2, 0) is 0 Å². The first kappa shape index (κ1) is 32.2. The third kappa shape index (κ3) is 6.16. The summed E-state index contributed by atoms with van der Waals surface area (Å²) in [5.41, 5.74) is 13.2. The van der Waals surface area contributed by atoms with Crippen LogP contribution < -0.4 is 4.74 Å². The van der Waals surface area contributed by atoms with Gasteiger partial charge in [-0.1, -0.05) is 158 Å². The molecule has 55 heavy (non-hydrogen) atoms. The van der Waals surface area contributed by atoms with E-state index in [1.54, 1.807) is 6.20 Å². The summed E-state index contributed by atoms with van der Waals surface area (Å²) in [6.45, 7) is 0. The molecule has 9 aromatic rings. The van der Waals surface area contributed by atoms with E-state index in [2.05, 4.69) is 163 Å². The van der Waals surface area contributed by atoms with Gasteiger partial charge in [-0.15, -0.1) is 0 Å².